The molecule has 0 atom stereocenters. The number of aryl methyl sites for hydroxylation is 1. The number of nitrogen functional groups attached to an aromatic ring is 1. The normalized spacial score (nSPS) is 11.5. The second-order valence-electron chi connectivity index (χ2n) is 4.00. The highest BCUT2D eigenvalue weighted by atomic mass is 32.2. The Balaban J connectivity index is 2.19. The van der Waals surface area contributed by atoms with Gasteiger partial charge in [0.25, 0.3) is 0 Å². The maximum atomic E-state index is 12.2. The van der Waals surface area contributed by atoms with Crippen LogP contribution in [0.1, 0.15) is 12.7 Å². The van der Waals surface area contributed by atoms with Crippen molar-refractivity contribution in [1.82, 2.24) is 19.5 Å². The molecule has 0 saturated carbocycles. The third kappa shape index (κ3) is 2.95. The Morgan fingerprint density at radius 1 is 1.35 bits per heavy atom. The first-order valence-corrected chi connectivity index (χ1v) is 7.48. The van der Waals surface area contributed by atoms with E-state index in [4.69, 9.17) is 5.84 Å². The van der Waals surface area contributed by atoms with Crippen molar-refractivity contribution in [2.45, 2.75) is 24.9 Å². The van der Waals surface area contributed by atoms with Crippen molar-refractivity contribution in [3.8, 4) is 0 Å². The summed E-state index contributed by atoms with van der Waals surface area (Å²) in [6.45, 7) is 2.66. The van der Waals surface area contributed by atoms with Gasteiger partial charge in [-0.2, -0.15) is 0 Å². The average Bonchev–Trinajstić information content (AvgIpc) is 2.92. The lowest BCUT2D eigenvalue weighted by molar-refractivity contribution is 0.575. The number of nitrogens with zero attached hydrogens (tertiary/aromatic N) is 3. The van der Waals surface area contributed by atoms with Crippen LogP contribution in [0.4, 0.5) is 5.69 Å². The smallest absolute Gasteiger partial charge is 0.243 e. The quantitative estimate of drug-likeness (QED) is 0.513. The number of nitrogens with two attached hydrogens (primary N) is 1. The largest absolute Gasteiger partial charge is 0.323 e. The van der Waals surface area contributed by atoms with Crippen molar-refractivity contribution in [2.24, 2.45) is 5.84 Å². The molecule has 0 amide bonds. The molecule has 2 aromatic rings. The average molecular weight is 296 g/mol. The van der Waals surface area contributed by atoms with Gasteiger partial charge in [-0.3, -0.25) is 5.84 Å². The van der Waals surface area contributed by atoms with Gasteiger partial charge in [-0.25, -0.2) is 13.1 Å². The molecule has 0 aliphatic rings. The zero-order chi connectivity index (χ0) is 14.6. The Hall–Kier alpha value is -1.97. The molecule has 0 fully saturated rings. The van der Waals surface area contributed by atoms with Crippen molar-refractivity contribution in [1.29, 1.82) is 0 Å². The molecule has 2 rings (SSSR count). The molecular weight excluding hydrogens is 280 g/mol. The van der Waals surface area contributed by atoms with Crippen LogP contribution in [0.5, 0.6) is 0 Å². The number of aromatic nitrogens is 3. The van der Waals surface area contributed by atoms with E-state index < -0.39 is 10.0 Å². The molecule has 0 bridgehead atoms. The number of hydrogen-bond acceptors (Lipinski definition) is 6. The summed E-state index contributed by atoms with van der Waals surface area (Å²) in [5.41, 5.74) is 2.70. The van der Waals surface area contributed by atoms with Crippen molar-refractivity contribution in [2.75, 3.05) is 5.43 Å². The van der Waals surface area contributed by atoms with Gasteiger partial charge in [-0.05, 0) is 19.1 Å². The molecular formula is C11H16N6O2S. The molecule has 0 radical (unpaired) electrons. The van der Waals surface area contributed by atoms with Crippen LogP contribution in [0, 0.1) is 0 Å². The van der Waals surface area contributed by atoms with Gasteiger partial charge in [0, 0.05) is 6.54 Å². The maximum absolute atomic E-state index is 12.2. The third-order valence-corrected chi connectivity index (χ3v) is 4.25. The van der Waals surface area contributed by atoms with Gasteiger partial charge in [0.15, 0.2) is 0 Å². The molecule has 108 valence electrons. The van der Waals surface area contributed by atoms with E-state index in [2.05, 4.69) is 20.3 Å². The first-order chi connectivity index (χ1) is 9.58. The molecule has 0 unspecified atom stereocenters. The number of para-hydroxylation sites is 1. The summed E-state index contributed by atoms with van der Waals surface area (Å²) in [6.07, 6.45) is 1.55. The minimum atomic E-state index is -3.68. The third-order valence-electron chi connectivity index (χ3n) is 2.79. The summed E-state index contributed by atoms with van der Waals surface area (Å²) >= 11 is 0. The van der Waals surface area contributed by atoms with E-state index in [1.165, 1.54) is 6.07 Å². The number of anilines is 1. The molecule has 1 aromatic heterocycles. The van der Waals surface area contributed by atoms with Gasteiger partial charge < -0.3 is 9.99 Å². The van der Waals surface area contributed by atoms with E-state index in [9.17, 15) is 8.42 Å². The Labute approximate surface area is 117 Å². The number of sulfonamides is 1. The molecule has 0 spiro atoms. The van der Waals surface area contributed by atoms with Crippen molar-refractivity contribution in [3.63, 3.8) is 0 Å². The van der Waals surface area contributed by atoms with Crippen LogP contribution >= 0.6 is 0 Å². The van der Waals surface area contributed by atoms with Gasteiger partial charge in [0.1, 0.15) is 17.0 Å². The Morgan fingerprint density at radius 3 is 2.80 bits per heavy atom. The van der Waals surface area contributed by atoms with E-state index in [-0.39, 0.29) is 11.4 Å². The minimum absolute atomic E-state index is 0.0646. The van der Waals surface area contributed by atoms with Crippen LogP contribution < -0.4 is 16.0 Å². The predicted octanol–water partition coefficient (Wildman–Crippen LogP) is 0.0621. The summed E-state index contributed by atoms with van der Waals surface area (Å²) in [7, 11) is -3.68. The molecule has 0 aliphatic heterocycles. The topological polar surface area (TPSA) is 115 Å². The number of hydrogen-bond donors (Lipinski definition) is 3. The van der Waals surface area contributed by atoms with Gasteiger partial charge in [-0.15, -0.1) is 10.2 Å². The molecule has 20 heavy (non-hydrogen) atoms. The lowest BCUT2D eigenvalue weighted by Crippen LogP contribution is -2.26. The highest BCUT2D eigenvalue weighted by molar-refractivity contribution is 7.89. The fourth-order valence-corrected chi connectivity index (χ4v) is 2.89. The van der Waals surface area contributed by atoms with E-state index in [0.717, 1.165) is 0 Å². The summed E-state index contributed by atoms with van der Waals surface area (Å²) in [5, 5.41) is 7.62. The Morgan fingerprint density at radius 2 is 2.10 bits per heavy atom. The number of hydrazine groups is 1. The summed E-state index contributed by atoms with van der Waals surface area (Å²) in [5.74, 6) is 5.87. The van der Waals surface area contributed by atoms with Crippen molar-refractivity contribution in [3.05, 3.63) is 36.4 Å². The number of benzene rings is 1. The SMILES string of the molecule is CCn1cnnc1CNS(=O)(=O)c1ccccc1NN. The second-order valence-corrected chi connectivity index (χ2v) is 5.73. The number of nitrogens with one attached hydrogen (secondary N) is 2. The zero-order valence-electron chi connectivity index (χ0n) is 10.9. The molecule has 8 nitrogen and oxygen atoms in total. The highest BCUT2D eigenvalue weighted by Crippen LogP contribution is 2.19. The zero-order valence-corrected chi connectivity index (χ0v) is 11.8. The molecule has 1 heterocycles. The van der Waals surface area contributed by atoms with Crippen molar-refractivity contribution >= 4 is 15.7 Å². The van der Waals surface area contributed by atoms with Crippen LogP contribution in [-0.2, 0) is 23.1 Å². The van der Waals surface area contributed by atoms with E-state index >= 15 is 0 Å². The lowest BCUT2D eigenvalue weighted by Gasteiger charge is -2.10. The molecule has 1 aromatic carbocycles. The highest BCUT2D eigenvalue weighted by Gasteiger charge is 2.18. The molecule has 4 N–H and O–H groups in total. The van der Waals surface area contributed by atoms with Gasteiger partial charge in [0.05, 0.1) is 12.2 Å². The first-order valence-electron chi connectivity index (χ1n) is 6.00. The summed E-state index contributed by atoms with van der Waals surface area (Å²) < 4.78 is 28.7. The maximum Gasteiger partial charge on any atom is 0.243 e. The monoisotopic (exact) mass is 296 g/mol. The van der Waals surface area contributed by atoms with Gasteiger partial charge in [-0.1, -0.05) is 12.1 Å². The molecule has 9 heteroatoms. The Kier molecular flexibility index (Phi) is 4.32. The first kappa shape index (κ1) is 14.4. The fourth-order valence-electron chi connectivity index (χ4n) is 1.74. The Bertz CT molecular complexity index is 682. The van der Waals surface area contributed by atoms with Crippen LogP contribution in [0.2, 0.25) is 0 Å². The van der Waals surface area contributed by atoms with Crippen molar-refractivity contribution < 1.29 is 8.42 Å². The van der Waals surface area contributed by atoms with E-state index in [0.29, 0.717) is 18.1 Å². The standard InChI is InChI=1S/C11H16N6O2S/c1-2-17-8-13-16-11(17)7-14-20(18,19)10-6-4-3-5-9(10)15-12/h3-6,8,14-15H,2,7,12H2,1H3. The minimum Gasteiger partial charge on any atom is -0.323 e. The number of rotatable bonds is 6. The van der Waals surface area contributed by atoms with Gasteiger partial charge in [0.2, 0.25) is 10.0 Å². The van der Waals surface area contributed by atoms with Crippen LogP contribution in [0.3, 0.4) is 0 Å². The van der Waals surface area contributed by atoms with Gasteiger partial charge >= 0.3 is 0 Å². The predicted molar refractivity (Wildman–Crippen MR) is 74.0 cm³/mol. The van der Waals surface area contributed by atoms with Crippen LogP contribution in [0.25, 0.3) is 0 Å². The fraction of sp³-hybridized carbons (Fsp3) is 0.273. The van der Waals surface area contributed by atoms with Crippen LogP contribution in [-0.4, -0.2) is 23.2 Å². The molecule has 0 saturated heterocycles. The summed E-state index contributed by atoms with van der Waals surface area (Å²) in [6, 6.07) is 6.39. The van der Waals surface area contributed by atoms with E-state index in [1.54, 1.807) is 29.1 Å². The summed E-state index contributed by atoms with van der Waals surface area (Å²) in [4.78, 5) is 0.0880. The lowest BCUT2D eigenvalue weighted by atomic mass is 10.3. The van der Waals surface area contributed by atoms with E-state index in [1.807, 2.05) is 6.92 Å². The second kappa shape index (κ2) is 5.99. The van der Waals surface area contributed by atoms with Crippen LogP contribution in [0.15, 0.2) is 35.5 Å². The molecule has 0 aliphatic carbocycles.